The van der Waals surface area contributed by atoms with E-state index in [0.717, 1.165) is 89.9 Å². The Morgan fingerprint density at radius 1 is 0.516 bits per heavy atom. The lowest BCUT2D eigenvalue weighted by Crippen LogP contribution is -2.55. The molecule has 0 fully saturated rings. The standard InChI is InChI=1S/C54H93NO7/c1-6-8-10-12-14-16-18-20-22-23-24-25-26-27-28-29-31-33-35-37-39-41-43-45-53(57)62-50(48-60-47-46-51(54(58)59)55(3,4)5)49-61-52(56)44-42-40-38-36-34-32-30-21-19-17-15-13-11-9-7-2/h8,10,14-17,19-22,24-25,50-51H,6-7,9,11-13,18,23,26-49H2,1-5H3/b10-8+,16-14+,17-15+,21-19+,22-20+,25-24+. The lowest BCUT2D eigenvalue weighted by molar-refractivity contribution is -0.889. The Labute approximate surface area is 381 Å². The van der Waals surface area contributed by atoms with E-state index >= 15 is 0 Å². The minimum Gasteiger partial charge on any atom is -0.544 e. The first-order chi connectivity index (χ1) is 30.1. The van der Waals surface area contributed by atoms with E-state index < -0.39 is 18.1 Å². The van der Waals surface area contributed by atoms with E-state index in [0.29, 0.717) is 12.8 Å². The molecule has 0 heterocycles. The molecule has 0 saturated heterocycles. The SMILES string of the molecule is CC/C=C/C/C=C/C/C=C/C/C=C/CCCCCCCCCCCCC(=O)OC(COCCC(C(=O)[O-])[N+](C)(C)C)COC(=O)CCCCCCCC/C=C/C=C/CCCCC. The van der Waals surface area contributed by atoms with E-state index in [-0.39, 0.29) is 42.7 Å². The second kappa shape index (κ2) is 44.4. The molecule has 356 valence electrons. The summed E-state index contributed by atoms with van der Waals surface area (Å²) >= 11 is 0. The highest BCUT2D eigenvalue weighted by Crippen LogP contribution is 2.14. The van der Waals surface area contributed by atoms with E-state index in [4.69, 9.17) is 14.2 Å². The monoisotopic (exact) mass is 868 g/mol. The molecule has 0 amide bonds. The minimum absolute atomic E-state index is 0.0325. The van der Waals surface area contributed by atoms with E-state index in [9.17, 15) is 19.5 Å². The number of likely N-dealkylation sites (N-methyl/N-ethyl adjacent to an activating group) is 1. The van der Waals surface area contributed by atoms with Crippen molar-refractivity contribution in [1.82, 2.24) is 0 Å². The van der Waals surface area contributed by atoms with Gasteiger partial charge in [0.25, 0.3) is 0 Å². The van der Waals surface area contributed by atoms with Crippen molar-refractivity contribution in [2.75, 3.05) is 41.0 Å². The van der Waals surface area contributed by atoms with Gasteiger partial charge in [0.15, 0.2) is 6.10 Å². The third-order valence-corrected chi connectivity index (χ3v) is 10.9. The van der Waals surface area contributed by atoms with Crippen LogP contribution >= 0.6 is 0 Å². The van der Waals surface area contributed by atoms with Gasteiger partial charge in [-0.2, -0.15) is 0 Å². The maximum atomic E-state index is 12.8. The summed E-state index contributed by atoms with van der Waals surface area (Å²) in [6.07, 6.45) is 56.4. The third kappa shape index (κ3) is 42.1. The smallest absolute Gasteiger partial charge is 0.306 e. The van der Waals surface area contributed by atoms with Crippen molar-refractivity contribution in [3.63, 3.8) is 0 Å². The summed E-state index contributed by atoms with van der Waals surface area (Å²) in [4.78, 5) is 37.0. The van der Waals surface area contributed by atoms with Crippen LogP contribution in [0.5, 0.6) is 0 Å². The van der Waals surface area contributed by atoms with Crippen LogP contribution in [-0.2, 0) is 28.6 Å². The van der Waals surface area contributed by atoms with Gasteiger partial charge in [-0.25, -0.2) is 0 Å². The number of aliphatic carboxylic acids is 1. The van der Waals surface area contributed by atoms with Gasteiger partial charge in [0, 0.05) is 19.3 Å². The number of carboxylic acid groups (broad SMARTS) is 1. The van der Waals surface area contributed by atoms with Crippen LogP contribution in [0.2, 0.25) is 0 Å². The predicted molar refractivity (Wildman–Crippen MR) is 259 cm³/mol. The van der Waals surface area contributed by atoms with Gasteiger partial charge in [-0.3, -0.25) is 9.59 Å². The second-order valence-electron chi connectivity index (χ2n) is 17.7. The van der Waals surface area contributed by atoms with Crippen LogP contribution in [0.25, 0.3) is 0 Å². The number of carbonyl (C=O) groups is 3. The van der Waals surface area contributed by atoms with Crippen molar-refractivity contribution < 1.29 is 38.2 Å². The third-order valence-electron chi connectivity index (χ3n) is 10.9. The number of carboxylic acids is 1. The largest absolute Gasteiger partial charge is 0.544 e. The number of rotatable bonds is 44. The van der Waals surface area contributed by atoms with Gasteiger partial charge in [-0.15, -0.1) is 0 Å². The zero-order chi connectivity index (χ0) is 45.6. The van der Waals surface area contributed by atoms with E-state index in [1.807, 2.05) is 0 Å². The van der Waals surface area contributed by atoms with Gasteiger partial charge in [-0.05, 0) is 77.0 Å². The number of unbranched alkanes of at least 4 members (excludes halogenated alkanes) is 19. The highest BCUT2D eigenvalue weighted by Gasteiger charge is 2.25. The lowest BCUT2D eigenvalue weighted by Gasteiger charge is -2.34. The highest BCUT2D eigenvalue weighted by atomic mass is 16.6. The van der Waals surface area contributed by atoms with Crippen molar-refractivity contribution in [3.05, 3.63) is 72.9 Å². The molecule has 0 spiro atoms. The molecule has 2 atom stereocenters. The number of allylic oxidation sites excluding steroid dienone is 12. The Morgan fingerprint density at radius 2 is 0.952 bits per heavy atom. The summed E-state index contributed by atoms with van der Waals surface area (Å²) in [5, 5.41) is 11.7. The van der Waals surface area contributed by atoms with Crippen LogP contribution in [0.4, 0.5) is 0 Å². The van der Waals surface area contributed by atoms with Crippen LogP contribution in [-0.4, -0.2) is 75.5 Å². The molecule has 62 heavy (non-hydrogen) atoms. The second-order valence-corrected chi connectivity index (χ2v) is 17.7. The van der Waals surface area contributed by atoms with Crippen LogP contribution in [0, 0.1) is 0 Å². The van der Waals surface area contributed by atoms with Gasteiger partial charge in [0.1, 0.15) is 12.6 Å². The summed E-state index contributed by atoms with van der Waals surface area (Å²) in [5.41, 5.74) is 0. The van der Waals surface area contributed by atoms with E-state index in [2.05, 4.69) is 86.8 Å². The van der Waals surface area contributed by atoms with E-state index in [1.54, 1.807) is 21.1 Å². The molecular weight excluding hydrogens is 775 g/mol. The Kier molecular flexibility index (Phi) is 42.1. The molecule has 0 N–H and O–H groups in total. The Balaban J connectivity index is 4.27. The van der Waals surface area contributed by atoms with Crippen molar-refractivity contribution in [2.24, 2.45) is 0 Å². The molecule has 0 radical (unpaired) electrons. The molecule has 0 aromatic carbocycles. The van der Waals surface area contributed by atoms with Gasteiger partial charge in [0.05, 0.1) is 40.3 Å². The van der Waals surface area contributed by atoms with Crippen LogP contribution < -0.4 is 5.11 Å². The number of ether oxygens (including phenoxy) is 3. The molecule has 2 unspecified atom stereocenters. The Bertz CT molecular complexity index is 1240. The summed E-state index contributed by atoms with van der Waals surface area (Å²) in [6, 6.07) is -0.731. The fraction of sp³-hybridized carbons (Fsp3) is 0.722. The predicted octanol–water partition coefficient (Wildman–Crippen LogP) is 13.0. The maximum Gasteiger partial charge on any atom is 0.306 e. The number of carbonyl (C=O) groups excluding carboxylic acids is 3. The van der Waals surface area contributed by atoms with Gasteiger partial charge >= 0.3 is 11.9 Å². The number of nitrogens with zero attached hydrogens (tertiary/aromatic N) is 1. The first kappa shape index (κ1) is 58.8. The summed E-state index contributed by atoms with van der Waals surface area (Å²) in [6.45, 7) is 4.51. The number of hydrogen-bond donors (Lipinski definition) is 0. The topological polar surface area (TPSA) is 102 Å². The number of quaternary nitrogens is 1. The number of esters is 2. The van der Waals surface area contributed by atoms with Crippen LogP contribution in [0.15, 0.2) is 72.9 Å². The van der Waals surface area contributed by atoms with Gasteiger partial charge in [0.2, 0.25) is 0 Å². The average Bonchev–Trinajstić information content (AvgIpc) is 3.23. The van der Waals surface area contributed by atoms with Gasteiger partial charge in [-0.1, -0.05) is 177 Å². The maximum absolute atomic E-state index is 12.8. The average molecular weight is 868 g/mol. The van der Waals surface area contributed by atoms with Crippen molar-refractivity contribution in [3.8, 4) is 0 Å². The molecule has 0 aromatic heterocycles. The van der Waals surface area contributed by atoms with Crippen LogP contribution in [0.1, 0.15) is 200 Å². The zero-order valence-corrected chi connectivity index (χ0v) is 40.5. The molecule has 0 aromatic rings. The summed E-state index contributed by atoms with van der Waals surface area (Å²) in [7, 11) is 5.40. The molecule has 0 aliphatic carbocycles. The normalized spacial score (nSPS) is 13.5. The lowest BCUT2D eigenvalue weighted by atomic mass is 10.0. The molecule has 0 bridgehead atoms. The van der Waals surface area contributed by atoms with Crippen LogP contribution in [0.3, 0.4) is 0 Å². The molecule has 0 saturated carbocycles. The minimum atomic E-state index is -1.13. The highest BCUT2D eigenvalue weighted by molar-refractivity contribution is 5.70. The number of hydrogen-bond acceptors (Lipinski definition) is 7. The molecule has 0 aliphatic heterocycles. The fourth-order valence-corrected chi connectivity index (χ4v) is 6.99. The quantitative estimate of drug-likeness (QED) is 0.0198. The summed E-state index contributed by atoms with van der Waals surface area (Å²) < 4.78 is 17.2. The van der Waals surface area contributed by atoms with Gasteiger partial charge < -0.3 is 28.6 Å². The first-order valence-corrected chi connectivity index (χ1v) is 25.0. The van der Waals surface area contributed by atoms with Crippen molar-refractivity contribution >= 4 is 17.9 Å². The Morgan fingerprint density at radius 3 is 1.44 bits per heavy atom. The zero-order valence-electron chi connectivity index (χ0n) is 40.5. The molecule has 0 aliphatic rings. The first-order valence-electron chi connectivity index (χ1n) is 25.0. The molecule has 8 nitrogen and oxygen atoms in total. The van der Waals surface area contributed by atoms with Crippen molar-refractivity contribution in [2.45, 2.75) is 212 Å². The molecule has 8 heteroatoms. The fourth-order valence-electron chi connectivity index (χ4n) is 6.99. The van der Waals surface area contributed by atoms with E-state index in [1.165, 1.54) is 77.0 Å². The molecular formula is C54H93NO7. The summed E-state index contributed by atoms with van der Waals surface area (Å²) in [5.74, 6) is -1.76. The Hall–Kier alpha value is -3.23. The van der Waals surface area contributed by atoms with Crippen molar-refractivity contribution in [1.29, 1.82) is 0 Å². The molecule has 0 rings (SSSR count).